The first-order chi connectivity index (χ1) is 8.25. The second kappa shape index (κ2) is 4.10. The van der Waals surface area contributed by atoms with Gasteiger partial charge in [-0.1, -0.05) is 0 Å². The minimum Gasteiger partial charge on any atom is -0.486 e. The maximum atomic E-state index is 5.64. The molecule has 0 spiro atoms. The van der Waals surface area contributed by atoms with Gasteiger partial charge in [0.05, 0.1) is 18.6 Å². The Morgan fingerprint density at radius 1 is 1.18 bits per heavy atom. The highest BCUT2D eigenvalue weighted by Gasteiger charge is 2.40. The van der Waals surface area contributed by atoms with Gasteiger partial charge in [0.1, 0.15) is 13.2 Å². The maximum Gasteiger partial charge on any atom is 0.161 e. The standard InChI is InChI=1S/C13H16O3S/c1-9-4-11-12(16-3-2-15-11)5-10(9)13(8-17)6-14-7-13/h4-5,17H,2-3,6-8H2,1H3. The van der Waals surface area contributed by atoms with Crippen LogP contribution in [-0.4, -0.2) is 32.2 Å². The summed E-state index contributed by atoms with van der Waals surface area (Å²) in [7, 11) is 0. The molecule has 3 rings (SSSR count). The number of aryl methyl sites for hydroxylation is 1. The molecule has 0 unspecified atom stereocenters. The van der Waals surface area contributed by atoms with Crippen molar-refractivity contribution in [3.63, 3.8) is 0 Å². The molecular weight excluding hydrogens is 236 g/mol. The van der Waals surface area contributed by atoms with E-state index in [9.17, 15) is 0 Å². The zero-order valence-electron chi connectivity index (χ0n) is 9.86. The van der Waals surface area contributed by atoms with Crippen LogP contribution in [-0.2, 0) is 10.2 Å². The van der Waals surface area contributed by atoms with Crippen LogP contribution in [0.5, 0.6) is 11.5 Å². The van der Waals surface area contributed by atoms with Gasteiger partial charge in [0.15, 0.2) is 11.5 Å². The molecule has 2 aliphatic rings. The first-order valence-electron chi connectivity index (χ1n) is 5.84. The number of rotatable bonds is 2. The molecular formula is C13H16O3S. The third kappa shape index (κ3) is 1.70. The van der Waals surface area contributed by atoms with Crippen molar-refractivity contribution in [1.82, 2.24) is 0 Å². The van der Waals surface area contributed by atoms with E-state index in [1.165, 1.54) is 11.1 Å². The minimum absolute atomic E-state index is 0.0586. The summed E-state index contributed by atoms with van der Waals surface area (Å²) >= 11 is 4.47. The minimum atomic E-state index is 0.0586. The zero-order valence-corrected chi connectivity index (χ0v) is 10.8. The Balaban J connectivity index is 2.05. The predicted octanol–water partition coefficient (Wildman–Crippen LogP) is 1.96. The van der Waals surface area contributed by atoms with Crippen molar-refractivity contribution < 1.29 is 14.2 Å². The molecule has 3 nitrogen and oxygen atoms in total. The summed E-state index contributed by atoms with van der Waals surface area (Å²) in [4.78, 5) is 0. The third-order valence-corrected chi connectivity index (χ3v) is 4.13. The Kier molecular flexibility index (Phi) is 2.71. The van der Waals surface area contributed by atoms with Gasteiger partial charge in [-0.05, 0) is 30.2 Å². The lowest BCUT2D eigenvalue weighted by Gasteiger charge is -2.42. The van der Waals surface area contributed by atoms with Crippen molar-refractivity contribution in [3.8, 4) is 11.5 Å². The molecule has 0 aliphatic carbocycles. The van der Waals surface area contributed by atoms with Crippen LogP contribution in [0.25, 0.3) is 0 Å². The molecule has 1 fully saturated rings. The number of fused-ring (bicyclic) bond motifs is 1. The SMILES string of the molecule is Cc1cc2c(cc1C1(CS)COC1)OCCO2. The van der Waals surface area contributed by atoms with E-state index in [4.69, 9.17) is 14.2 Å². The van der Waals surface area contributed by atoms with Gasteiger partial charge >= 0.3 is 0 Å². The lowest BCUT2D eigenvalue weighted by Crippen LogP contribution is -2.48. The molecule has 0 aromatic heterocycles. The Labute approximate surface area is 106 Å². The fourth-order valence-corrected chi connectivity index (χ4v) is 2.80. The monoisotopic (exact) mass is 252 g/mol. The number of benzene rings is 1. The lowest BCUT2D eigenvalue weighted by molar-refractivity contribution is -0.0475. The van der Waals surface area contributed by atoms with E-state index in [1.807, 2.05) is 0 Å². The average molecular weight is 252 g/mol. The topological polar surface area (TPSA) is 27.7 Å². The molecule has 2 heterocycles. The van der Waals surface area contributed by atoms with Crippen molar-refractivity contribution in [1.29, 1.82) is 0 Å². The smallest absolute Gasteiger partial charge is 0.161 e. The van der Waals surface area contributed by atoms with Crippen LogP contribution in [0.4, 0.5) is 0 Å². The van der Waals surface area contributed by atoms with Gasteiger partial charge in [-0.2, -0.15) is 12.6 Å². The molecule has 0 amide bonds. The fourth-order valence-electron chi connectivity index (χ4n) is 2.44. The first-order valence-corrected chi connectivity index (χ1v) is 6.48. The highest BCUT2D eigenvalue weighted by atomic mass is 32.1. The van der Waals surface area contributed by atoms with Crippen LogP contribution in [0.15, 0.2) is 12.1 Å². The summed E-state index contributed by atoms with van der Waals surface area (Å²) in [5.41, 5.74) is 2.57. The van der Waals surface area contributed by atoms with E-state index in [0.29, 0.717) is 13.2 Å². The van der Waals surface area contributed by atoms with Crippen molar-refractivity contribution in [2.24, 2.45) is 0 Å². The Bertz CT molecular complexity index is 435. The zero-order chi connectivity index (χ0) is 11.9. The molecule has 17 heavy (non-hydrogen) atoms. The molecule has 1 aromatic rings. The Morgan fingerprint density at radius 2 is 1.82 bits per heavy atom. The second-order valence-electron chi connectivity index (χ2n) is 4.74. The van der Waals surface area contributed by atoms with Crippen LogP contribution in [0, 0.1) is 6.92 Å². The highest BCUT2D eigenvalue weighted by Crippen LogP contribution is 2.41. The van der Waals surface area contributed by atoms with Crippen molar-refractivity contribution in [3.05, 3.63) is 23.3 Å². The van der Waals surface area contributed by atoms with Gasteiger partial charge < -0.3 is 14.2 Å². The van der Waals surface area contributed by atoms with E-state index in [2.05, 4.69) is 31.7 Å². The van der Waals surface area contributed by atoms with Gasteiger partial charge in [0, 0.05) is 5.75 Å². The summed E-state index contributed by atoms with van der Waals surface area (Å²) in [6, 6.07) is 4.16. The van der Waals surface area contributed by atoms with E-state index in [1.54, 1.807) is 0 Å². The van der Waals surface area contributed by atoms with Crippen molar-refractivity contribution in [2.75, 3.05) is 32.2 Å². The van der Waals surface area contributed by atoms with E-state index < -0.39 is 0 Å². The first kappa shape index (κ1) is 11.2. The number of thiol groups is 1. The molecule has 0 bridgehead atoms. The summed E-state index contributed by atoms with van der Waals surface area (Å²) in [5.74, 6) is 2.50. The second-order valence-corrected chi connectivity index (χ2v) is 5.06. The molecule has 1 saturated heterocycles. The predicted molar refractivity (Wildman–Crippen MR) is 68.5 cm³/mol. The van der Waals surface area contributed by atoms with Crippen LogP contribution in [0.2, 0.25) is 0 Å². The average Bonchev–Trinajstić information content (AvgIpc) is 2.29. The van der Waals surface area contributed by atoms with E-state index in [-0.39, 0.29) is 5.41 Å². The fraction of sp³-hybridized carbons (Fsp3) is 0.538. The molecule has 4 heteroatoms. The van der Waals surface area contributed by atoms with Gasteiger partial charge in [0.2, 0.25) is 0 Å². The molecule has 0 atom stereocenters. The van der Waals surface area contributed by atoms with Crippen LogP contribution in [0.3, 0.4) is 0 Å². The molecule has 2 aliphatic heterocycles. The Morgan fingerprint density at radius 3 is 2.35 bits per heavy atom. The highest BCUT2D eigenvalue weighted by molar-refractivity contribution is 7.80. The van der Waals surface area contributed by atoms with Crippen molar-refractivity contribution >= 4 is 12.6 Å². The summed E-state index contributed by atoms with van der Waals surface area (Å²) in [6.07, 6.45) is 0. The van der Waals surface area contributed by atoms with E-state index >= 15 is 0 Å². The third-order valence-electron chi connectivity index (χ3n) is 3.52. The molecule has 0 N–H and O–H groups in total. The van der Waals surface area contributed by atoms with Gasteiger partial charge in [-0.15, -0.1) is 0 Å². The molecule has 0 saturated carbocycles. The number of hydrogen-bond donors (Lipinski definition) is 1. The van der Waals surface area contributed by atoms with Gasteiger partial charge in [-0.3, -0.25) is 0 Å². The van der Waals surface area contributed by atoms with E-state index in [0.717, 1.165) is 30.5 Å². The van der Waals surface area contributed by atoms with Crippen LogP contribution < -0.4 is 9.47 Å². The number of ether oxygens (including phenoxy) is 3. The normalized spacial score (nSPS) is 20.8. The van der Waals surface area contributed by atoms with Gasteiger partial charge in [-0.25, -0.2) is 0 Å². The molecule has 0 radical (unpaired) electrons. The summed E-state index contributed by atoms with van der Waals surface area (Å²) < 4.78 is 16.6. The van der Waals surface area contributed by atoms with Crippen molar-refractivity contribution in [2.45, 2.75) is 12.3 Å². The van der Waals surface area contributed by atoms with Gasteiger partial charge in [0.25, 0.3) is 0 Å². The summed E-state index contributed by atoms with van der Waals surface area (Å²) in [6.45, 7) is 4.86. The van der Waals surface area contributed by atoms with Crippen LogP contribution in [0.1, 0.15) is 11.1 Å². The summed E-state index contributed by atoms with van der Waals surface area (Å²) in [5, 5.41) is 0. The largest absolute Gasteiger partial charge is 0.486 e. The maximum absolute atomic E-state index is 5.64. The Hall–Kier alpha value is -0.870. The molecule has 1 aromatic carbocycles. The lowest BCUT2D eigenvalue weighted by atomic mass is 9.78. The van der Waals surface area contributed by atoms with Crippen LogP contribution >= 0.6 is 12.6 Å². The number of hydrogen-bond acceptors (Lipinski definition) is 4. The quantitative estimate of drug-likeness (QED) is 0.815. The molecule has 92 valence electrons.